The summed E-state index contributed by atoms with van der Waals surface area (Å²) >= 11 is 0. The quantitative estimate of drug-likeness (QED) is 0.552. The first-order valence-corrected chi connectivity index (χ1v) is 7.67. The van der Waals surface area contributed by atoms with Gasteiger partial charge in [-0.3, -0.25) is 20.0 Å². The number of nitrogens with one attached hydrogen (secondary N) is 2. The lowest BCUT2D eigenvalue weighted by Gasteiger charge is -2.08. The van der Waals surface area contributed by atoms with Gasteiger partial charge in [-0.15, -0.1) is 0 Å². The van der Waals surface area contributed by atoms with Crippen LogP contribution in [0.3, 0.4) is 0 Å². The molecule has 0 bridgehead atoms. The Morgan fingerprint density at radius 1 is 1.20 bits per heavy atom. The molecule has 3 rings (SSSR count). The maximum atomic E-state index is 12.5. The molecule has 2 aromatic carbocycles. The molecule has 0 fully saturated rings. The Labute approximate surface area is 143 Å². The van der Waals surface area contributed by atoms with E-state index in [1.165, 1.54) is 18.3 Å². The van der Waals surface area contributed by atoms with Crippen molar-refractivity contribution < 1.29 is 9.72 Å². The van der Waals surface area contributed by atoms with Gasteiger partial charge in [0, 0.05) is 24.2 Å². The van der Waals surface area contributed by atoms with Crippen LogP contribution in [0.4, 0.5) is 5.69 Å². The summed E-state index contributed by atoms with van der Waals surface area (Å²) in [5.74, 6) is -0.259. The minimum Gasteiger partial charge on any atom is -0.348 e. The zero-order valence-electron chi connectivity index (χ0n) is 13.5. The average molecular weight is 336 g/mol. The van der Waals surface area contributed by atoms with Crippen molar-refractivity contribution in [1.82, 2.24) is 15.5 Å². The van der Waals surface area contributed by atoms with Crippen LogP contribution in [-0.4, -0.2) is 21.0 Å². The smallest absolute Gasteiger partial charge is 0.269 e. The Kier molecular flexibility index (Phi) is 4.56. The summed E-state index contributed by atoms with van der Waals surface area (Å²) in [5.41, 5.74) is 3.71. The van der Waals surface area contributed by atoms with Crippen LogP contribution >= 0.6 is 0 Å². The molecule has 0 aliphatic carbocycles. The number of nitrogens with zero attached hydrogens (tertiary/aromatic N) is 2. The van der Waals surface area contributed by atoms with Gasteiger partial charge in [0.1, 0.15) is 0 Å². The van der Waals surface area contributed by atoms with Crippen LogP contribution in [0, 0.1) is 17.0 Å². The monoisotopic (exact) mass is 336 g/mol. The molecule has 126 valence electrons. The number of aromatic nitrogens is 2. The molecule has 0 unspecified atom stereocenters. The van der Waals surface area contributed by atoms with Gasteiger partial charge in [0.15, 0.2) is 0 Å². The summed E-state index contributed by atoms with van der Waals surface area (Å²) in [7, 11) is 0. The molecule has 1 aromatic heterocycles. The minimum atomic E-state index is -0.466. The fraction of sp³-hybridized carbons (Fsp3) is 0.111. The maximum absolute atomic E-state index is 12.5. The van der Waals surface area contributed by atoms with E-state index >= 15 is 0 Å². The molecule has 0 saturated heterocycles. The first kappa shape index (κ1) is 16.4. The van der Waals surface area contributed by atoms with Crippen molar-refractivity contribution in [3.8, 4) is 11.3 Å². The Morgan fingerprint density at radius 3 is 2.60 bits per heavy atom. The molecule has 25 heavy (non-hydrogen) atoms. The molecule has 1 heterocycles. The van der Waals surface area contributed by atoms with Gasteiger partial charge in [-0.05, 0) is 30.2 Å². The standard InChI is InChI=1S/C18H16N4O3/c1-12-4-2-3-5-14(12)10-19-18(23)16-11-20-21-17(16)13-6-8-15(9-7-13)22(24)25/h2-9,11H,10H2,1H3,(H,19,23)(H,20,21). The van der Waals surface area contributed by atoms with Crippen molar-refractivity contribution in [2.24, 2.45) is 0 Å². The number of non-ortho nitro benzene ring substituents is 1. The maximum Gasteiger partial charge on any atom is 0.269 e. The number of aromatic amines is 1. The number of benzene rings is 2. The Morgan fingerprint density at radius 2 is 1.92 bits per heavy atom. The molecule has 7 heteroatoms. The fourth-order valence-electron chi connectivity index (χ4n) is 2.51. The highest BCUT2D eigenvalue weighted by molar-refractivity contribution is 5.99. The number of amides is 1. The lowest BCUT2D eigenvalue weighted by Crippen LogP contribution is -2.23. The largest absolute Gasteiger partial charge is 0.348 e. The highest BCUT2D eigenvalue weighted by atomic mass is 16.6. The highest BCUT2D eigenvalue weighted by Gasteiger charge is 2.16. The van der Waals surface area contributed by atoms with Gasteiger partial charge < -0.3 is 5.32 Å². The zero-order valence-corrected chi connectivity index (χ0v) is 13.5. The summed E-state index contributed by atoms with van der Waals surface area (Å²) in [6, 6.07) is 13.8. The van der Waals surface area contributed by atoms with E-state index in [0.29, 0.717) is 23.4 Å². The SMILES string of the molecule is Cc1ccccc1CNC(=O)c1cn[nH]c1-c1ccc([N+](=O)[O-])cc1. The van der Waals surface area contributed by atoms with E-state index in [0.717, 1.165) is 11.1 Å². The number of hydrogen-bond acceptors (Lipinski definition) is 4. The van der Waals surface area contributed by atoms with Gasteiger partial charge in [-0.25, -0.2) is 0 Å². The van der Waals surface area contributed by atoms with Gasteiger partial charge in [-0.2, -0.15) is 5.10 Å². The molecule has 7 nitrogen and oxygen atoms in total. The van der Waals surface area contributed by atoms with Gasteiger partial charge in [0.05, 0.1) is 22.4 Å². The molecular formula is C18H16N4O3. The summed E-state index contributed by atoms with van der Waals surface area (Å²) in [6.07, 6.45) is 1.45. The van der Waals surface area contributed by atoms with Crippen LogP contribution in [-0.2, 0) is 6.54 Å². The number of rotatable bonds is 5. The van der Waals surface area contributed by atoms with Crippen LogP contribution in [0.15, 0.2) is 54.7 Å². The summed E-state index contributed by atoms with van der Waals surface area (Å²) in [6.45, 7) is 2.40. The lowest BCUT2D eigenvalue weighted by atomic mass is 10.1. The molecule has 1 amide bonds. The second-order valence-electron chi connectivity index (χ2n) is 5.57. The molecule has 3 aromatic rings. The third-order valence-electron chi connectivity index (χ3n) is 3.95. The third-order valence-corrected chi connectivity index (χ3v) is 3.95. The first-order chi connectivity index (χ1) is 12.1. The predicted molar refractivity (Wildman–Crippen MR) is 93.0 cm³/mol. The van der Waals surface area contributed by atoms with Crippen LogP contribution in [0.5, 0.6) is 0 Å². The number of nitro groups is 1. The topological polar surface area (TPSA) is 101 Å². The molecular weight excluding hydrogens is 320 g/mol. The van der Waals surface area contributed by atoms with E-state index in [9.17, 15) is 14.9 Å². The van der Waals surface area contributed by atoms with E-state index in [2.05, 4.69) is 15.5 Å². The van der Waals surface area contributed by atoms with Crippen LogP contribution < -0.4 is 5.32 Å². The zero-order chi connectivity index (χ0) is 17.8. The Hall–Kier alpha value is -3.48. The van der Waals surface area contributed by atoms with Crippen molar-refractivity contribution in [2.75, 3.05) is 0 Å². The highest BCUT2D eigenvalue weighted by Crippen LogP contribution is 2.23. The van der Waals surface area contributed by atoms with E-state index in [4.69, 9.17) is 0 Å². The Bertz CT molecular complexity index is 916. The first-order valence-electron chi connectivity index (χ1n) is 7.67. The molecule has 0 aliphatic heterocycles. The second-order valence-corrected chi connectivity index (χ2v) is 5.57. The van der Waals surface area contributed by atoms with Gasteiger partial charge in [0.25, 0.3) is 11.6 Å². The third kappa shape index (κ3) is 3.55. The molecule has 2 N–H and O–H groups in total. The van der Waals surface area contributed by atoms with E-state index in [1.807, 2.05) is 31.2 Å². The molecule has 0 atom stereocenters. The number of carbonyl (C=O) groups is 1. The van der Waals surface area contributed by atoms with E-state index < -0.39 is 4.92 Å². The van der Waals surface area contributed by atoms with Crippen LogP contribution in [0.25, 0.3) is 11.3 Å². The summed E-state index contributed by atoms with van der Waals surface area (Å²) in [4.78, 5) is 22.8. The molecule has 0 spiro atoms. The number of nitro benzene ring substituents is 1. The van der Waals surface area contributed by atoms with E-state index in [1.54, 1.807) is 12.1 Å². The number of carbonyl (C=O) groups excluding carboxylic acids is 1. The van der Waals surface area contributed by atoms with Crippen molar-refractivity contribution in [3.63, 3.8) is 0 Å². The minimum absolute atomic E-state index is 0.00572. The Balaban J connectivity index is 1.77. The van der Waals surface area contributed by atoms with Gasteiger partial charge in [-0.1, -0.05) is 24.3 Å². The number of hydrogen-bond donors (Lipinski definition) is 2. The fourth-order valence-corrected chi connectivity index (χ4v) is 2.51. The molecule has 0 saturated carbocycles. The normalized spacial score (nSPS) is 10.4. The molecule has 0 aliphatic rings. The van der Waals surface area contributed by atoms with Crippen molar-refractivity contribution in [3.05, 3.63) is 81.5 Å². The molecule has 0 radical (unpaired) electrons. The second kappa shape index (κ2) is 6.96. The summed E-state index contributed by atoms with van der Waals surface area (Å²) in [5, 5.41) is 20.3. The van der Waals surface area contributed by atoms with Crippen molar-refractivity contribution in [1.29, 1.82) is 0 Å². The van der Waals surface area contributed by atoms with Gasteiger partial charge in [0.2, 0.25) is 0 Å². The lowest BCUT2D eigenvalue weighted by molar-refractivity contribution is -0.384. The van der Waals surface area contributed by atoms with Crippen molar-refractivity contribution in [2.45, 2.75) is 13.5 Å². The average Bonchev–Trinajstić information content (AvgIpc) is 3.10. The van der Waals surface area contributed by atoms with Crippen LogP contribution in [0.1, 0.15) is 21.5 Å². The number of H-pyrrole nitrogens is 1. The predicted octanol–water partition coefficient (Wildman–Crippen LogP) is 3.22. The van der Waals surface area contributed by atoms with Crippen molar-refractivity contribution >= 4 is 11.6 Å². The number of aryl methyl sites for hydroxylation is 1. The van der Waals surface area contributed by atoms with E-state index in [-0.39, 0.29) is 11.6 Å². The van der Waals surface area contributed by atoms with Gasteiger partial charge >= 0.3 is 0 Å². The summed E-state index contributed by atoms with van der Waals surface area (Å²) < 4.78 is 0. The van der Waals surface area contributed by atoms with Crippen LogP contribution in [0.2, 0.25) is 0 Å².